The first kappa shape index (κ1) is 23.6. The van der Waals surface area contributed by atoms with Crippen LogP contribution in [0.5, 0.6) is 5.75 Å². The number of amides is 2. The molecule has 2 N–H and O–H groups in total. The second kappa shape index (κ2) is 11.0. The summed E-state index contributed by atoms with van der Waals surface area (Å²) < 4.78 is 10.9. The van der Waals surface area contributed by atoms with Crippen LogP contribution in [-0.4, -0.2) is 74.3 Å². The summed E-state index contributed by atoms with van der Waals surface area (Å²) in [4.78, 5) is 30.7. The average molecular weight is 457 g/mol. The molecule has 180 valence electrons. The predicted octanol–water partition coefficient (Wildman–Crippen LogP) is 2.82. The van der Waals surface area contributed by atoms with Crippen molar-refractivity contribution < 1.29 is 19.1 Å². The van der Waals surface area contributed by atoms with E-state index in [1.165, 1.54) is 32.4 Å². The summed E-state index contributed by atoms with van der Waals surface area (Å²) in [5.74, 6) is 0.201. The van der Waals surface area contributed by atoms with Crippen LogP contribution in [-0.2, 0) is 9.53 Å². The number of benzene rings is 1. The summed E-state index contributed by atoms with van der Waals surface area (Å²) in [7, 11) is 1.59. The van der Waals surface area contributed by atoms with Crippen LogP contribution >= 0.6 is 0 Å². The second-order valence-corrected chi connectivity index (χ2v) is 8.99. The molecule has 0 unspecified atom stereocenters. The predicted molar refractivity (Wildman–Crippen MR) is 126 cm³/mol. The number of hydrogen-bond donors (Lipinski definition) is 2. The third kappa shape index (κ3) is 5.50. The van der Waals surface area contributed by atoms with Crippen LogP contribution in [0.25, 0.3) is 0 Å². The van der Waals surface area contributed by atoms with E-state index < -0.39 is 12.0 Å². The third-order valence-corrected chi connectivity index (χ3v) is 6.94. The number of nitrogens with one attached hydrogen (secondary N) is 2. The number of hydrogen-bond acceptors (Lipinski definition) is 6. The Bertz CT molecular complexity index is 873. The lowest BCUT2D eigenvalue weighted by atomic mass is 9.93. The third-order valence-electron chi connectivity index (χ3n) is 6.94. The Labute approximate surface area is 196 Å². The molecule has 8 heteroatoms. The maximum Gasteiger partial charge on any atom is 0.338 e. The Morgan fingerprint density at radius 1 is 1.09 bits per heavy atom. The van der Waals surface area contributed by atoms with Gasteiger partial charge >= 0.3 is 12.0 Å². The monoisotopic (exact) mass is 456 g/mol. The first-order valence-corrected chi connectivity index (χ1v) is 12.2. The number of ether oxygens (including phenoxy) is 2. The summed E-state index contributed by atoms with van der Waals surface area (Å²) in [5.41, 5.74) is 1.79. The van der Waals surface area contributed by atoms with E-state index in [0.717, 1.165) is 31.5 Å². The number of para-hydroxylation sites is 1. The van der Waals surface area contributed by atoms with Crippen molar-refractivity contribution in [2.75, 3.05) is 46.4 Å². The Morgan fingerprint density at radius 2 is 1.82 bits per heavy atom. The summed E-state index contributed by atoms with van der Waals surface area (Å²) in [6.07, 6.45) is 6.19. The maximum absolute atomic E-state index is 13.1. The van der Waals surface area contributed by atoms with E-state index in [1.807, 2.05) is 24.3 Å². The van der Waals surface area contributed by atoms with Gasteiger partial charge in [-0.3, -0.25) is 4.90 Å². The van der Waals surface area contributed by atoms with Gasteiger partial charge < -0.3 is 25.0 Å². The molecule has 0 saturated carbocycles. The molecule has 4 rings (SSSR count). The Balaban J connectivity index is 1.55. The number of esters is 1. The number of carbonyl (C=O) groups is 2. The fourth-order valence-corrected chi connectivity index (χ4v) is 5.28. The van der Waals surface area contributed by atoms with Crippen molar-refractivity contribution in [3.8, 4) is 5.75 Å². The minimum atomic E-state index is -0.630. The zero-order valence-corrected chi connectivity index (χ0v) is 19.8. The van der Waals surface area contributed by atoms with Gasteiger partial charge in [-0.1, -0.05) is 24.6 Å². The minimum absolute atomic E-state index is 0.267. The highest BCUT2D eigenvalue weighted by Crippen LogP contribution is 2.34. The number of rotatable bonds is 7. The fourth-order valence-electron chi connectivity index (χ4n) is 5.28. The van der Waals surface area contributed by atoms with Crippen molar-refractivity contribution in [3.05, 3.63) is 41.1 Å². The van der Waals surface area contributed by atoms with Crippen molar-refractivity contribution in [2.45, 2.75) is 51.1 Å². The quantitative estimate of drug-likeness (QED) is 0.614. The number of methoxy groups -OCH3 is 1. The van der Waals surface area contributed by atoms with Crippen LogP contribution in [0.3, 0.4) is 0 Å². The summed E-state index contributed by atoms with van der Waals surface area (Å²) >= 11 is 0. The van der Waals surface area contributed by atoms with Gasteiger partial charge in [0.1, 0.15) is 5.75 Å². The zero-order chi connectivity index (χ0) is 23.2. The number of piperidine rings is 2. The van der Waals surface area contributed by atoms with Crippen LogP contribution in [0, 0.1) is 0 Å². The molecule has 0 aliphatic carbocycles. The van der Waals surface area contributed by atoms with Gasteiger partial charge in [0, 0.05) is 36.9 Å². The molecule has 8 nitrogen and oxygen atoms in total. The van der Waals surface area contributed by atoms with Crippen LogP contribution in [0.2, 0.25) is 0 Å². The van der Waals surface area contributed by atoms with Gasteiger partial charge in [-0.15, -0.1) is 0 Å². The van der Waals surface area contributed by atoms with Gasteiger partial charge in [0.2, 0.25) is 0 Å². The number of likely N-dealkylation sites (tertiary alicyclic amines) is 2. The standard InChI is InChI=1S/C25H36N4O4/c1-3-33-24(30)22-20(17-28-15-11-18(12-16-28)29-13-7-4-8-14-29)26-25(31)27-23(22)19-9-5-6-10-21(19)32-2/h5-6,9-10,18,23H,3-4,7-8,11-17H2,1-2H3,(H2,26,27,31)/t23-/m1/s1. The zero-order valence-electron chi connectivity index (χ0n) is 19.8. The normalized spacial score (nSPS) is 23.1. The van der Waals surface area contributed by atoms with Crippen LogP contribution in [0.4, 0.5) is 4.79 Å². The molecule has 3 heterocycles. The van der Waals surface area contributed by atoms with Gasteiger partial charge in [-0.25, -0.2) is 9.59 Å². The molecule has 0 radical (unpaired) electrons. The molecule has 2 saturated heterocycles. The molecule has 3 aliphatic rings. The molecule has 2 amide bonds. The van der Waals surface area contributed by atoms with Gasteiger partial charge in [-0.05, 0) is 51.8 Å². The SMILES string of the molecule is CCOC(=O)C1=C(CN2CCC(N3CCCCC3)CC2)NC(=O)N[C@@H]1c1ccccc1OC. The molecule has 33 heavy (non-hydrogen) atoms. The molecule has 1 atom stereocenters. The first-order chi connectivity index (χ1) is 16.1. The summed E-state index contributed by atoms with van der Waals surface area (Å²) in [6, 6.07) is 7.13. The molecule has 1 aromatic rings. The fraction of sp³-hybridized carbons (Fsp3) is 0.600. The molecule has 0 spiro atoms. The minimum Gasteiger partial charge on any atom is -0.496 e. The topological polar surface area (TPSA) is 83.1 Å². The van der Waals surface area contributed by atoms with Crippen molar-refractivity contribution in [3.63, 3.8) is 0 Å². The average Bonchev–Trinajstić information content (AvgIpc) is 2.84. The van der Waals surface area contributed by atoms with E-state index in [4.69, 9.17) is 9.47 Å². The van der Waals surface area contributed by atoms with E-state index in [1.54, 1.807) is 14.0 Å². The van der Waals surface area contributed by atoms with E-state index in [0.29, 0.717) is 29.6 Å². The van der Waals surface area contributed by atoms with Crippen molar-refractivity contribution in [2.24, 2.45) is 0 Å². The highest BCUT2D eigenvalue weighted by molar-refractivity contribution is 5.95. The Hall–Kier alpha value is -2.58. The molecular formula is C25H36N4O4. The van der Waals surface area contributed by atoms with Gasteiger partial charge in [0.05, 0.1) is 25.3 Å². The molecule has 0 bridgehead atoms. The summed E-state index contributed by atoms with van der Waals surface area (Å²) in [6.45, 7) is 6.89. The number of nitrogens with zero attached hydrogens (tertiary/aromatic N) is 2. The Kier molecular flexibility index (Phi) is 7.88. The molecular weight excluding hydrogens is 420 g/mol. The lowest BCUT2D eigenvalue weighted by Crippen LogP contribution is -2.51. The van der Waals surface area contributed by atoms with E-state index in [9.17, 15) is 9.59 Å². The number of carbonyl (C=O) groups excluding carboxylic acids is 2. The Morgan fingerprint density at radius 3 is 2.52 bits per heavy atom. The lowest BCUT2D eigenvalue weighted by Gasteiger charge is -2.41. The largest absolute Gasteiger partial charge is 0.496 e. The van der Waals surface area contributed by atoms with Crippen LogP contribution < -0.4 is 15.4 Å². The van der Waals surface area contributed by atoms with Crippen LogP contribution in [0.15, 0.2) is 35.5 Å². The van der Waals surface area contributed by atoms with E-state index in [-0.39, 0.29) is 12.6 Å². The van der Waals surface area contributed by atoms with Crippen LogP contribution in [0.1, 0.15) is 50.6 Å². The molecule has 1 aromatic carbocycles. The second-order valence-electron chi connectivity index (χ2n) is 8.99. The highest BCUT2D eigenvalue weighted by Gasteiger charge is 2.36. The van der Waals surface area contributed by atoms with Gasteiger partial charge in [0.15, 0.2) is 0 Å². The van der Waals surface area contributed by atoms with Gasteiger partial charge in [0.25, 0.3) is 0 Å². The smallest absolute Gasteiger partial charge is 0.338 e. The van der Waals surface area contributed by atoms with Crippen molar-refractivity contribution >= 4 is 12.0 Å². The van der Waals surface area contributed by atoms with E-state index >= 15 is 0 Å². The van der Waals surface area contributed by atoms with Crippen molar-refractivity contribution in [1.82, 2.24) is 20.4 Å². The molecule has 0 aromatic heterocycles. The number of urea groups is 1. The highest BCUT2D eigenvalue weighted by atomic mass is 16.5. The maximum atomic E-state index is 13.1. The first-order valence-electron chi connectivity index (χ1n) is 12.2. The summed E-state index contributed by atoms with van der Waals surface area (Å²) in [5, 5.41) is 5.80. The van der Waals surface area contributed by atoms with E-state index in [2.05, 4.69) is 20.4 Å². The molecule has 2 fully saturated rings. The van der Waals surface area contributed by atoms with Crippen molar-refractivity contribution in [1.29, 1.82) is 0 Å². The van der Waals surface area contributed by atoms with Gasteiger partial charge in [-0.2, -0.15) is 0 Å². The lowest BCUT2D eigenvalue weighted by molar-refractivity contribution is -0.139. The molecule has 3 aliphatic heterocycles.